The molecule has 3 N–H and O–H groups in total. The number of nitrogens with one attached hydrogen (secondary N) is 1. The summed E-state index contributed by atoms with van der Waals surface area (Å²) in [7, 11) is -7.40. The quantitative estimate of drug-likeness (QED) is 0.638. The molecule has 0 aliphatic heterocycles. The van der Waals surface area contributed by atoms with Crippen molar-refractivity contribution in [1.82, 2.24) is 4.72 Å². The van der Waals surface area contributed by atoms with E-state index in [4.69, 9.17) is 5.73 Å². The van der Waals surface area contributed by atoms with Crippen LogP contribution in [0.5, 0.6) is 0 Å². The fourth-order valence-electron chi connectivity index (χ4n) is 0.945. The number of hydrogen-bond acceptors (Lipinski definition) is 5. The molecule has 0 aliphatic rings. The summed E-state index contributed by atoms with van der Waals surface area (Å²) in [6, 6.07) is 0. The van der Waals surface area contributed by atoms with Crippen LogP contribution >= 0.6 is 0 Å². The molecule has 0 heterocycles. The lowest BCUT2D eigenvalue weighted by Crippen LogP contribution is -2.51. The molecule has 0 radical (unpaired) electrons. The van der Waals surface area contributed by atoms with Crippen LogP contribution in [0, 0.1) is 0 Å². The molecular weight excluding hydrogens is 240 g/mol. The zero-order valence-corrected chi connectivity index (χ0v) is 10.8. The van der Waals surface area contributed by atoms with Gasteiger partial charge in [0.15, 0.2) is 14.9 Å². The molecule has 0 saturated carbocycles. The number of hydrogen-bond donors (Lipinski definition) is 2. The Balaban J connectivity index is 4.80. The highest BCUT2D eigenvalue weighted by Gasteiger charge is 2.28. The van der Waals surface area contributed by atoms with Crippen molar-refractivity contribution in [2.45, 2.75) is 25.8 Å². The van der Waals surface area contributed by atoms with Crippen molar-refractivity contribution in [2.75, 3.05) is 17.9 Å². The maximum Gasteiger partial charge on any atom is 0.226 e. The average molecular weight is 258 g/mol. The molecular formula is C7H18N2O4S2. The molecule has 8 heteroatoms. The second-order valence-electron chi connectivity index (χ2n) is 3.88. The Hall–Kier alpha value is -0.180. The zero-order chi connectivity index (χ0) is 12.3. The molecule has 0 aromatic carbocycles. The number of nitrogens with two attached hydrogens (primary N) is 1. The Kier molecular flexibility index (Phi) is 4.71. The van der Waals surface area contributed by atoms with E-state index in [0.29, 0.717) is 6.42 Å². The molecule has 6 nitrogen and oxygen atoms in total. The predicted octanol–water partition coefficient (Wildman–Crippen LogP) is -0.965. The largest absolute Gasteiger partial charge is 0.329 e. The van der Waals surface area contributed by atoms with Crippen molar-refractivity contribution in [3.05, 3.63) is 0 Å². The smallest absolute Gasteiger partial charge is 0.226 e. The van der Waals surface area contributed by atoms with Crippen molar-refractivity contribution in [3.8, 4) is 0 Å². The normalized spacial score (nSPS) is 17.3. The van der Waals surface area contributed by atoms with Crippen molar-refractivity contribution in [2.24, 2.45) is 5.73 Å². The van der Waals surface area contributed by atoms with Gasteiger partial charge in [-0.25, -0.2) is 21.6 Å². The topological polar surface area (TPSA) is 106 Å². The lowest BCUT2D eigenvalue weighted by Gasteiger charge is -2.27. The molecule has 0 rings (SSSR count). The summed E-state index contributed by atoms with van der Waals surface area (Å²) in [5.74, 6) is 0. The maximum atomic E-state index is 11.4. The summed E-state index contributed by atoms with van der Waals surface area (Å²) in [5.41, 5.74) is 4.62. The monoisotopic (exact) mass is 258 g/mol. The van der Waals surface area contributed by atoms with Crippen LogP contribution in [0.3, 0.4) is 0 Å². The predicted molar refractivity (Wildman–Crippen MR) is 59.5 cm³/mol. The van der Waals surface area contributed by atoms with Crippen LogP contribution in [0.4, 0.5) is 0 Å². The lowest BCUT2D eigenvalue weighted by atomic mass is 10.0. The molecule has 1 unspecified atom stereocenters. The van der Waals surface area contributed by atoms with Crippen molar-refractivity contribution in [1.29, 1.82) is 0 Å². The SMILES string of the molecule is CCC(C)(CN)NS(=O)(=O)CS(C)(=O)=O. The number of rotatable bonds is 6. The van der Waals surface area contributed by atoms with Crippen LogP contribution in [0.2, 0.25) is 0 Å². The summed E-state index contributed by atoms with van der Waals surface area (Å²) in [6.07, 6.45) is 1.37. The number of sulfonamides is 1. The maximum absolute atomic E-state index is 11.4. The van der Waals surface area contributed by atoms with Crippen molar-refractivity contribution < 1.29 is 16.8 Å². The standard InChI is InChI=1S/C7H18N2O4S2/c1-4-7(2,5-8)9-15(12,13)6-14(3,10)11/h9H,4-6,8H2,1-3H3. The molecule has 92 valence electrons. The molecule has 0 aromatic rings. The van der Waals surface area contributed by atoms with Crippen LogP contribution in [0.25, 0.3) is 0 Å². The van der Waals surface area contributed by atoms with Gasteiger partial charge in [0.05, 0.1) is 0 Å². The van der Waals surface area contributed by atoms with Gasteiger partial charge in [0.1, 0.15) is 0 Å². The zero-order valence-electron chi connectivity index (χ0n) is 9.15. The van der Waals surface area contributed by atoms with Crippen LogP contribution in [0.15, 0.2) is 0 Å². The van der Waals surface area contributed by atoms with Gasteiger partial charge in [0.2, 0.25) is 10.0 Å². The van der Waals surface area contributed by atoms with E-state index >= 15 is 0 Å². The van der Waals surface area contributed by atoms with Gasteiger partial charge < -0.3 is 5.73 Å². The van der Waals surface area contributed by atoms with E-state index in [0.717, 1.165) is 6.26 Å². The molecule has 0 aromatic heterocycles. The van der Waals surface area contributed by atoms with Crippen molar-refractivity contribution >= 4 is 19.9 Å². The second-order valence-corrected chi connectivity index (χ2v) is 8.11. The molecule has 0 aliphatic carbocycles. The van der Waals surface area contributed by atoms with Crippen LogP contribution < -0.4 is 10.5 Å². The first-order valence-corrected chi connectivity index (χ1v) is 8.14. The first-order valence-electron chi connectivity index (χ1n) is 4.43. The van der Waals surface area contributed by atoms with Gasteiger partial charge in [-0.1, -0.05) is 6.92 Å². The first kappa shape index (κ1) is 14.8. The van der Waals surface area contributed by atoms with E-state index in [2.05, 4.69) is 4.72 Å². The highest BCUT2D eigenvalue weighted by Crippen LogP contribution is 2.09. The minimum Gasteiger partial charge on any atom is -0.329 e. The Bertz CT molecular complexity index is 395. The van der Waals surface area contributed by atoms with Crippen LogP contribution in [-0.4, -0.2) is 40.3 Å². The molecule has 0 fully saturated rings. The highest BCUT2D eigenvalue weighted by molar-refractivity contribution is 8.06. The van der Waals surface area contributed by atoms with E-state index in [1.54, 1.807) is 13.8 Å². The van der Waals surface area contributed by atoms with E-state index in [-0.39, 0.29) is 6.54 Å². The molecule has 0 amide bonds. The minimum atomic E-state index is -3.84. The molecule has 1 atom stereocenters. The third kappa shape index (κ3) is 6.08. The van der Waals surface area contributed by atoms with Gasteiger partial charge in [-0.15, -0.1) is 0 Å². The minimum absolute atomic E-state index is 0.118. The number of sulfone groups is 1. The Morgan fingerprint density at radius 3 is 2.00 bits per heavy atom. The Morgan fingerprint density at radius 2 is 1.73 bits per heavy atom. The van der Waals surface area contributed by atoms with E-state index in [9.17, 15) is 16.8 Å². The Labute approximate surface area is 91.2 Å². The molecule has 0 saturated heterocycles. The van der Waals surface area contributed by atoms with Crippen molar-refractivity contribution in [3.63, 3.8) is 0 Å². The summed E-state index contributed by atoms with van der Waals surface area (Å²) in [4.78, 5) is 0. The van der Waals surface area contributed by atoms with Gasteiger partial charge in [0, 0.05) is 18.3 Å². The average Bonchev–Trinajstić information content (AvgIpc) is 1.98. The van der Waals surface area contributed by atoms with Gasteiger partial charge in [-0.2, -0.15) is 0 Å². The van der Waals surface area contributed by atoms with E-state index < -0.39 is 30.5 Å². The third-order valence-electron chi connectivity index (χ3n) is 2.00. The summed E-state index contributed by atoms with van der Waals surface area (Å²) in [5, 5.41) is -0.907. The molecule has 0 spiro atoms. The first-order chi connectivity index (χ1) is 6.54. The van der Waals surface area contributed by atoms with Crippen LogP contribution in [-0.2, 0) is 19.9 Å². The second kappa shape index (κ2) is 4.77. The molecule has 15 heavy (non-hydrogen) atoms. The lowest BCUT2D eigenvalue weighted by molar-refractivity contribution is 0.412. The van der Waals surface area contributed by atoms with Gasteiger partial charge in [0.25, 0.3) is 0 Å². The Morgan fingerprint density at radius 1 is 1.27 bits per heavy atom. The highest BCUT2D eigenvalue weighted by atomic mass is 32.3. The van der Waals surface area contributed by atoms with E-state index in [1.807, 2.05) is 0 Å². The van der Waals surface area contributed by atoms with Gasteiger partial charge in [-0.05, 0) is 13.3 Å². The summed E-state index contributed by atoms with van der Waals surface area (Å²) >= 11 is 0. The van der Waals surface area contributed by atoms with Gasteiger partial charge >= 0.3 is 0 Å². The van der Waals surface area contributed by atoms with Gasteiger partial charge in [-0.3, -0.25) is 0 Å². The third-order valence-corrected chi connectivity index (χ3v) is 5.76. The summed E-state index contributed by atoms with van der Waals surface area (Å²) < 4.78 is 46.9. The fraction of sp³-hybridized carbons (Fsp3) is 1.00. The molecule has 0 bridgehead atoms. The van der Waals surface area contributed by atoms with Crippen LogP contribution in [0.1, 0.15) is 20.3 Å². The summed E-state index contributed by atoms with van der Waals surface area (Å²) in [6.45, 7) is 3.52. The fourth-order valence-corrected chi connectivity index (χ4v) is 4.41. The van der Waals surface area contributed by atoms with E-state index in [1.165, 1.54) is 0 Å².